The predicted octanol–water partition coefficient (Wildman–Crippen LogP) is 3.99. The van der Waals surface area contributed by atoms with Gasteiger partial charge in [0.1, 0.15) is 0 Å². The molecule has 29 heavy (non-hydrogen) atoms. The third-order valence-electron chi connectivity index (χ3n) is 5.58. The molecule has 0 aliphatic rings. The molecule has 0 amide bonds. The average molecular weight is 410 g/mol. The number of quaternary nitrogens is 1. The van der Waals surface area contributed by atoms with Gasteiger partial charge in [-0.3, -0.25) is 0 Å². The van der Waals surface area contributed by atoms with Crippen LogP contribution >= 0.6 is 12.2 Å². The standard InChI is InChI=1S/C24H32N4S/c1-4-27(5-2)15-8-16-28(24(29)26-21-13-11-19(3)12-14-21)18-20-17-25-23-10-7-6-9-22(20)23/h6-7,9-14,17,25H,4-5,8,15-16,18H2,1-3H3,(H,26,29)/p+1. The first kappa shape index (κ1) is 21.3. The van der Waals surface area contributed by atoms with E-state index in [0.717, 1.165) is 30.3 Å². The number of rotatable bonds is 9. The van der Waals surface area contributed by atoms with E-state index < -0.39 is 0 Å². The van der Waals surface area contributed by atoms with E-state index in [0.29, 0.717) is 0 Å². The summed E-state index contributed by atoms with van der Waals surface area (Å²) in [6.07, 6.45) is 3.23. The Balaban J connectivity index is 1.73. The molecular formula is C24H33N4S+. The Bertz CT molecular complexity index is 912. The van der Waals surface area contributed by atoms with Crippen LogP contribution in [0.3, 0.4) is 0 Å². The second-order valence-corrected chi connectivity index (χ2v) is 8.02. The molecule has 0 unspecified atom stereocenters. The maximum absolute atomic E-state index is 5.82. The number of aromatic nitrogens is 1. The Morgan fingerprint density at radius 3 is 2.52 bits per heavy atom. The van der Waals surface area contributed by atoms with E-state index >= 15 is 0 Å². The van der Waals surface area contributed by atoms with Crippen LogP contribution in [0.25, 0.3) is 10.9 Å². The fraction of sp³-hybridized carbons (Fsp3) is 0.375. The maximum atomic E-state index is 5.82. The van der Waals surface area contributed by atoms with E-state index in [1.54, 1.807) is 4.90 Å². The fourth-order valence-corrected chi connectivity index (χ4v) is 3.96. The SMILES string of the molecule is CC[NH+](CC)CCCN(Cc1c[nH]c2ccccc12)C(=S)Nc1ccc(C)cc1. The summed E-state index contributed by atoms with van der Waals surface area (Å²) < 4.78 is 0. The highest BCUT2D eigenvalue weighted by atomic mass is 32.1. The molecule has 1 heterocycles. The molecule has 0 atom stereocenters. The van der Waals surface area contributed by atoms with Crippen LogP contribution in [0.1, 0.15) is 31.4 Å². The topological polar surface area (TPSA) is 35.5 Å². The molecule has 2 aromatic carbocycles. The molecule has 4 nitrogen and oxygen atoms in total. The molecule has 0 spiro atoms. The van der Waals surface area contributed by atoms with Crippen LogP contribution in [0.15, 0.2) is 54.7 Å². The number of hydrogen-bond acceptors (Lipinski definition) is 1. The summed E-state index contributed by atoms with van der Waals surface area (Å²) in [6.45, 7) is 11.9. The van der Waals surface area contributed by atoms with Gasteiger partial charge in [0.2, 0.25) is 0 Å². The van der Waals surface area contributed by atoms with Crippen molar-refractivity contribution >= 4 is 33.9 Å². The van der Waals surface area contributed by atoms with Crippen molar-refractivity contribution in [2.24, 2.45) is 0 Å². The van der Waals surface area contributed by atoms with Crippen molar-refractivity contribution in [2.75, 3.05) is 31.5 Å². The third-order valence-corrected chi connectivity index (χ3v) is 5.94. The van der Waals surface area contributed by atoms with Gasteiger partial charge in [0.05, 0.1) is 19.6 Å². The molecular weight excluding hydrogens is 376 g/mol. The minimum Gasteiger partial charge on any atom is -0.361 e. The van der Waals surface area contributed by atoms with Crippen LogP contribution in [0.2, 0.25) is 0 Å². The lowest BCUT2D eigenvalue weighted by Gasteiger charge is -2.26. The molecule has 0 bridgehead atoms. The molecule has 0 aliphatic heterocycles. The molecule has 5 heteroatoms. The second kappa shape index (κ2) is 10.4. The van der Waals surface area contributed by atoms with Gasteiger partial charge in [-0.1, -0.05) is 35.9 Å². The van der Waals surface area contributed by atoms with E-state index in [9.17, 15) is 0 Å². The molecule has 3 aromatic rings. The van der Waals surface area contributed by atoms with E-state index in [4.69, 9.17) is 12.2 Å². The van der Waals surface area contributed by atoms with Crippen LogP contribution in [0, 0.1) is 6.92 Å². The number of nitrogens with zero attached hydrogens (tertiary/aromatic N) is 1. The number of hydrogen-bond donors (Lipinski definition) is 3. The number of aromatic amines is 1. The molecule has 154 valence electrons. The predicted molar refractivity (Wildman–Crippen MR) is 128 cm³/mol. The van der Waals surface area contributed by atoms with Crippen LogP contribution in [-0.4, -0.2) is 41.2 Å². The minimum atomic E-state index is 0.786. The van der Waals surface area contributed by atoms with Gasteiger partial charge in [0, 0.05) is 42.3 Å². The van der Waals surface area contributed by atoms with Crippen molar-refractivity contribution in [1.29, 1.82) is 0 Å². The third kappa shape index (κ3) is 5.81. The molecule has 0 fully saturated rings. The number of fused-ring (bicyclic) bond motifs is 1. The van der Waals surface area contributed by atoms with Crippen molar-refractivity contribution in [3.63, 3.8) is 0 Å². The smallest absolute Gasteiger partial charge is 0.173 e. The Hall–Kier alpha value is -2.37. The first-order valence-electron chi connectivity index (χ1n) is 10.6. The van der Waals surface area contributed by atoms with Crippen LogP contribution in [0.4, 0.5) is 5.69 Å². The number of aryl methyl sites for hydroxylation is 1. The van der Waals surface area contributed by atoms with Gasteiger partial charge in [0.25, 0.3) is 0 Å². The van der Waals surface area contributed by atoms with E-state index in [1.165, 1.54) is 41.7 Å². The zero-order valence-corrected chi connectivity index (χ0v) is 18.6. The van der Waals surface area contributed by atoms with Gasteiger partial charge in [-0.05, 0) is 56.8 Å². The number of para-hydroxylation sites is 1. The molecule has 0 radical (unpaired) electrons. The molecule has 0 saturated carbocycles. The zero-order chi connectivity index (χ0) is 20.6. The maximum Gasteiger partial charge on any atom is 0.173 e. The monoisotopic (exact) mass is 409 g/mol. The first-order chi connectivity index (χ1) is 14.1. The average Bonchev–Trinajstić information content (AvgIpc) is 3.15. The summed E-state index contributed by atoms with van der Waals surface area (Å²) in [5.74, 6) is 0. The number of nitrogens with one attached hydrogen (secondary N) is 3. The molecule has 0 saturated heterocycles. The molecule has 1 aromatic heterocycles. The van der Waals surface area contributed by atoms with Gasteiger partial charge < -0.3 is 20.1 Å². The van der Waals surface area contributed by atoms with Crippen molar-refractivity contribution in [2.45, 2.75) is 33.7 Å². The van der Waals surface area contributed by atoms with Crippen molar-refractivity contribution in [1.82, 2.24) is 9.88 Å². The molecule has 3 N–H and O–H groups in total. The van der Waals surface area contributed by atoms with Crippen LogP contribution in [-0.2, 0) is 6.54 Å². The van der Waals surface area contributed by atoms with Gasteiger partial charge >= 0.3 is 0 Å². The normalized spacial score (nSPS) is 11.2. The fourth-order valence-electron chi connectivity index (χ4n) is 3.68. The van der Waals surface area contributed by atoms with E-state index in [1.807, 2.05) is 0 Å². The number of H-pyrrole nitrogens is 1. The van der Waals surface area contributed by atoms with Gasteiger partial charge in [-0.2, -0.15) is 0 Å². The Morgan fingerprint density at radius 1 is 1.07 bits per heavy atom. The van der Waals surface area contributed by atoms with E-state index in [2.05, 4.69) is 90.7 Å². The first-order valence-corrected chi connectivity index (χ1v) is 11.0. The largest absolute Gasteiger partial charge is 0.361 e. The lowest BCUT2D eigenvalue weighted by atomic mass is 10.1. The Kier molecular flexibility index (Phi) is 7.67. The van der Waals surface area contributed by atoms with Gasteiger partial charge in [-0.25, -0.2) is 0 Å². The summed E-state index contributed by atoms with van der Waals surface area (Å²) in [4.78, 5) is 7.32. The van der Waals surface area contributed by atoms with Crippen molar-refractivity contribution < 1.29 is 4.90 Å². The lowest BCUT2D eigenvalue weighted by molar-refractivity contribution is -0.896. The van der Waals surface area contributed by atoms with Crippen LogP contribution < -0.4 is 10.2 Å². The van der Waals surface area contributed by atoms with Crippen molar-refractivity contribution in [3.8, 4) is 0 Å². The zero-order valence-electron chi connectivity index (χ0n) is 17.8. The summed E-state index contributed by atoms with van der Waals surface area (Å²) in [7, 11) is 0. The summed E-state index contributed by atoms with van der Waals surface area (Å²) in [5, 5.41) is 5.49. The number of benzene rings is 2. The summed E-state index contributed by atoms with van der Waals surface area (Å²) in [6, 6.07) is 16.9. The lowest BCUT2D eigenvalue weighted by Crippen LogP contribution is -3.11. The van der Waals surface area contributed by atoms with Gasteiger partial charge in [-0.15, -0.1) is 0 Å². The highest BCUT2D eigenvalue weighted by Crippen LogP contribution is 2.20. The molecule has 3 rings (SSSR count). The number of thiocarbonyl (C=S) groups is 1. The van der Waals surface area contributed by atoms with Gasteiger partial charge in [0.15, 0.2) is 5.11 Å². The van der Waals surface area contributed by atoms with Crippen molar-refractivity contribution in [3.05, 3.63) is 65.9 Å². The van der Waals surface area contributed by atoms with Crippen LogP contribution in [0.5, 0.6) is 0 Å². The summed E-state index contributed by atoms with van der Waals surface area (Å²) in [5.41, 5.74) is 4.74. The second-order valence-electron chi connectivity index (χ2n) is 7.64. The van der Waals surface area contributed by atoms with E-state index in [-0.39, 0.29) is 0 Å². The summed E-state index contributed by atoms with van der Waals surface area (Å²) >= 11 is 5.82. The number of anilines is 1. The highest BCUT2D eigenvalue weighted by molar-refractivity contribution is 7.80. The minimum absolute atomic E-state index is 0.786. The Labute approximate surface area is 179 Å². The Morgan fingerprint density at radius 2 is 1.79 bits per heavy atom. The molecule has 0 aliphatic carbocycles. The quantitative estimate of drug-likeness (QED) is 0.468. The highest BCUT2D eigenvalue weighted by Gasteiger charge is 2.14.